The highest BCUT2D eigenvalue weighted by Crippen LogP contribution is 2.44. The summed E-state index contributed by atoms with van der Waals surface area (Å²) in [6.07, 6.45) is 4.31. The molecule has 1 atom stereocenters. The molecule has 10 heteroatoms. The molecule has 34 heavy (non-hydrogen) atoms. The van der Waals surface area contributed by atoms with E-state index in [1.54, 1.807) is 19.1 Å². The molecule has 172 valence electrons. The van der Waals surface area contributed by atoms with Crippen LogP contribution in [0.15, 0.2) is 67.0 Å². The zero-order valence-corrected chi connectivity index (χ0v) is 18.8. The van der Waals surface area contributed by atoms with Gasteiger partial charge in [0.1, 0.15) is 23.0 Å². The number of aromatic hydroxyl groups is 1. The van der Waals surface area contributed by atoms with E-state index in [0.717, 1.165) is 16.2 Å². The Balaban J connectivity index is 1.89. The number of esters is 1. The smallest absolute Gasteiger partial charge is 0.350 e. The van der Waals surface area contributed by atoms with Crippen LogP contribution in [0.2, 0.25) is 0 Å². The molecule has 1 amide bonds. The lowest BCUT2D eigenvalue weighted by molar-refractivity contribution is -0.132. The number of thiazole rings is 1. The van der Waals surface area contributed by atoms with Crippen molar-refractivity contribution in [3.63, 3.8) is 0 Å². The summed E-state index contributed by atoms with van der Waals surface area (Å²) in [5.74, 6) is -2.97. The molecule has 3 heterocycles. The second kappa shape index (κ2) is 9.28. The van der Waals surface area contributed by atoms with Crippen LogP contribution in [-0.4, -0.2) is 44.4 Å². The summed E-state index contributed by atoms with van der Waals surface area (Å²) in [7, 11) is 0. The average Bonchev–Trinajstić information content (AvgIpc) is 3.34. The Labute approximate surface area is 198 Å². The number of aliphatic hydroxyl groups excluding tert-OH is 1. The summed E-state index contributed by atoms with van der Waals surface area (Å²) in [6.45, 7) is 5.09. The van der Waals surface area contributed by atoms with E-state index < -0.39 is 29.5 Å². The molecule has 1 aliphatic rings. The number of aromatic nitrogens is 2. The van der Waals surface area contributed by atoms with E-state index in [0.29, 0.717) is 16.8 Å². The second-order valence-corrected chi connectivity index (χ2v) is 8.28. The number of carbonyl (C=O) groups excluding carboxylic acids is 3. The SMILES string of the molecule is C=CCOC(=O)c1sc(N2C(=O)C(=O)/C(=C(/O)c3ccncc3)C2c2cccc(O)c2)nc1C. The molecule has 0 spiro atoms. The van der Waals surface area contributed by atoms with Gasteiger partial charge in [0, 0.05) is 18.0 Å². The highest BCUT2D eigenvalue weighted by atomic mass is 32.1. The first kappa shape index (κ1) is 22.9. The van der Waals surface area contributed by atoms with Gasteiger partial charge >= 0.3 is 11.9 Å². The monoisotopic (exact) mass is 477 g/mol. The average molecular weight is 477 g/mol. The van der Waals surface area contributed by atoms with Crippen LogP contribution in [0.1, 0.15) is 32.5 Å². The first-order valence-corrected chi connectivity index (χ1v) is 10.9. The number of pyridine rings is 1. The van der Waals surface area contributed by atoms with Gasteiger partial charge in [0.2, 0.25) is 0 Å². The summed E-state index contributed by atoms with van der Waals surface area (Å²) in [5, 5.41) is 21.1. The predicted octanol–water partition coefficient (Wildman–Crippen LogP) is 3.52. The lowest BCUT2D eigenvalue weighted by Crippen LogP contribution is -2.29. The number of rotatable bonds is 6. The largest absolute Gasteiger partial charge is 0.508 e. The second-order valence-electron chi connectivity index (χ2n) is 7.30. The van der Waals surface area contributed by atoms with Crippen molar-refractivity contribution in [1.29, 1.82) is 0 Å². The molecule has 1 aromatic carbocycles. The molecule has 1 fully saturated rings. The van der Waals surface area contributed by atoms with Gasteiger partial charge in [-0.25, -0.2) is 9.78 Å². The molecule has 0 radical (unpaired) electrons. The molecule has 0 saturated carbocycles. The van der Waals surface area contributed by atoms with E-state index in [2.05, 4.69) is 16.5 Å². The highest BCUT2D eigenvalue weighted by Gasteiger charge is 2.48. The van der Waals surface area contributed by atoms with Gasteiger partial charge in [0.05, 0.1) is 17.3 Å². The molecule has 1 saturated heterocycles. The van der Waals surface area contributed by atoms with Crippen molar-refractivity contribution in [3.05, 3.63) is 88.7 Å². The van der Waals surface area contributed by atoms with Crippen LogP contribution in [0, 0.1) is 6.92 Å². The first-order chi connectivity index (χ1) is 16.3. The number of benzene rings is 1. The summed E-state index contributed by atoms with van der Waals surface area (Å²) in [5.41, 5.74) is 0.811. The zero-order chi connectivity index (χ0) is 24.4. The Morgan fingerprint density at radius 2 is 2.00 bits per heavy atom. The van der Waals surface area contributed by atoms with Crippen LogP contribution in [0.25, 0.3) is 5.76 Å². The maximum atomic E-state index is 13.2. The van der Waals surface area contributed by atoms with E-state index in [1.165, 1.54) is 42.7 Å². The Morgan fingerprint density at radius 3 is 2.68 bits per heavy atom. The number of aliphatic hydroxyl groups is 1. The lowest BCUT2D eigenvalue weighted by Gasteiger charge is -2.23. The Hall–Kier alpha value is -4.31. The van der Waals surface area contributed by atoms with Crippen LogP contribution in [0.5, 0.6) is 5.75 Å². The van der Waals surface area contributed by atoms with Gasteiger partial charge in [-0.2, -0.15) is 0 Å². The van der Waals surface area contributed by atoms with E-state index in [1.807, 2.05) is 0 Å². The number of aryl methyl sites for hydroxylation is 1. The normalized spacial score (nSPS) is 17.1. The van der Waals surface area contributed by atoms with Crippen molar-refractivity contribution >= 4 is 39.9 Å². The maximum Gasteiger partial charge on any atom is 0.350 e. The molecule has 2 aromatic heterocycles. The number of Topliss-reactive ketones (excluding diaryl/α,β-unsaturated/α-hetero) is 1. The van der Waals surface area contributed by atoms with Crippen LogP contribution in [0.3, 0.4) is 0 Å². The summed E-state index contributed by atoms with van der Waals surface area (Å²) in [4.78, 5) is 48.2. The van der Waals surface area contributed by atoms with Crippen LogP contribution in [-0.2, 0) is 14.3 Å². The summed E-state index contributed by atoms with van der Waals surface area (Å²) < 4.78 is 5.08. The number of amides is 1. The number of nitrogens with zero attached hydrogens (tertiary/aromatic N) is 3. The van der Waals surface area contributed by atoms with Gasteiger partial charge in [0.25, 0.3) is 5.78 Å². The van der Waals surface area contributed by atoms with Gasteiger partial charge in [-0.3, -0.25) is 19.5 Å². The number of phenolic OH excluding ortho intramolecular Hbond substituents is 1. The minimum absolute atomic E-state index is 0.00520. The third kappa shape index (κ3) is 4.06. The van der Waals surface area contributed by atoms with E-state index in [4.69, 9.17) is 4.74 Å². The molecule has 0 bridgehead atoms. The fourth-order valence-electron chi connectivity index (χ4n) is 3.58. The standard InChI is InChI=1S/C24H19N3O6S/c1-3-11-33-23(32)21-13(2)26-24(34-21)27-18(15-5-4-6-16(28)12-15)17(20(30)22(27)31)19(29)14-7-9-25-10-8-14/h3-10,12,18,28-29H,1,11H2,2H3/b19-17+. The molecule has 9 nitrogen and oxygen atoms in total. The topological polar surface area (TPSA) is 130 Å². The molecule has 2 N–H and O–H groups in total. The Bertz CT molecular complexity index is 1330. The summed E-state index contributed by atoms with van der Waals surface area (Å²) >= 11 is 0.889. The molecular weight excluding hydrogens is 458 g/mol. The third-order valence-corrected chi connectivity index (χ3v) is 6.23. The molecule has 1 unspecified atom stereocenters. The van der Waals surface area contributed by atoms with Crippen LogP contribution >= 0.6 is 11.3 Å². The van der Waals surface area contributed by atoms with Crippen molar-refractivity contribution in [2.75, 3.05) is 11.5 Å². The number of carbonyl (C=O) groups is 3. The van der Waals surface area contributed by atoms with Crippen LogP contribution < -0.4 is 4.90 Å². The van der Waals surface area contributed by atoms with Crippen LogP contribution in [0.4, 0.5) is 5.13 Å². The van der Waals surface area contributed by atoms with Gasteiger partial charge in [0.15, 0.2) is 5.13 Å². The minimum Gasteiger partial charge on any atom is -0.508 e. The number of hydrogen-bond acceptors (Lipinski definition) is 9. The van der Waals surface area contributed by atoms with Crippen molar-refractivity contribution in [2.45, 2.75) is 13.0 Å². The first-order valence-electron chi connectivity index (χ1n) is 10.1. The van der Waals surface area contributed by atoms with Gasteiger partial charge in [-0.15, -0.1) is 0 Å². The third-order valence-electron chi connectivity index (χ3n) is 5.09. The molecule has 0 aliphatic carbocycles. The quantitative estimate of drug-likeness (QED) is 0.181. The molecule has 3 aromatic rings. The Kier molecular flexibility index (Phi) is 6.24. The van der Waals surface area contributed by atoms with Crippen molar-refractivity contribution in [1.82, 2.24) is 9.97 Å². The molecule has 1 aliphatic heterocycles. The fourth-order valence-corrected chi connectivity index (χ4v) is 4.57. The Morgan fingerprint density at radius 1 is 1.26 bits per heavy atom. The predicted molar refractivity (Wildman–Crippen MR) is 124 cm³/mol. The van der Waals surface area contributed by atoms with Gasteiger partial charge in [-0.05, 0) is 36.8 Å². The van der Waals surface area contributed by atoms with Crippen molar-refractivity contribution in [2.24, 2.45) is 0 Å². The van der Waals surface area contributed by atoms with E-state index in [9.17, 15) is 24.6 Å². The lowest BCUT2D eigenvalue weighted by atomic mass is 9.95. The maximum absolute atomic E-state index is 13.2. The number of ether oxygens (including phenoxy) is 1. The minimum atomic E-state index is -1.09. The van der Waals surface area contributed by atoms with Crippen molar-refractivity contribution in [3.8, 4) is 5.75 Å². The van der Waals surface area contributed by atoms with E-state index in [-0.39, 0.29) is 27.9 Å². The fraction of sp³-hybridized carbons (Fsp3) is 0.125. The highest BCUT2D eigenvalue weighted by molar-refractivity contribution is 7.17. The van der Waals surface area contributed by atoms with E-state index >= 15 is 0 Å². The molecular formula is C24H19N3O6S. The van der Waals surface area contributed by atoms with Gasteiger partial charge < -0.3 is 14.9 Å². The summed E-state index contributed by atoms with van der Waals surface area (Å²) in [6, 6.07) is 7.92. The molecule has 4 rings (SSSR count). The zero-order valence-electron chi connectivity index (χ0n) is 18.0. The number of hydrogen-bond donors (Lipinski definition) is 2. The van der Waals surface area contributed by atoms with Crippen molar-refractivity contribution < 1.29 is 29.3 Å². The number of phenols is 1. The number of anilines is 1. The number of ketones is 1. The van der Waals surface area contributed by atoms with Gasteiger partial charge in [-0.1, -0.05) is 36.1 Å².